The molecule has 1 unspecified atom stereocenters. The Morgan fingerprint density at radius 3 is 2.05 bits per heavy atom. The molecule has 0 fully saturated rings. The van der Waals surface area contributed by atoms with Crippen LogP contribution < -0.4 is 2.81 Å². The minimum atomic E-state index is -1.96. The summed E-state index contributed by atoms with van der Waals surface area (Å²) >= 11 is -1.96. The standard InChI is InChI=1S/C9H13.C6H6O.C2H7Si.Zr/c1-6-5-7(2)9(4)8(6)3;7-6-4-2-1-3-5-6;1-3-2;/h6H,1-4H3;1-5,7H;3H,1-2H3;/q;;;+1/p-1. The number of para-hydroxylation sites is 1. The fourth-order valence-electron chi connectivity index (χ4n) is 2.86. The topological polar surface area (TPSA) is 9.23 Å². The molecule has 0 saturated heterocycles. The van der Waals surface area contributed by atoms with Crippen LogP contribution in [0, 0.1) is 5.92 Å². The Morgan fingerprint density at radius 1 is 1.00 bits per heavy atom. The zero-order valence-electron chi connectivity index (χ0n) is 13.4. The Kier molecular flexibility index (Phi) is 5.25. The zero-order valence-corrected chi connectivity index (χ0v) is 17.1. The predicted molar refractivity (Wildman–Crippen MR) is 86.2 cm³/mol. The molecular weight excluding hydrogens is 339 g/mol. The van der Waals surface area contributed by atoms with Gasteiger partial charge in [-0.1, -0.05) is 0 Å². The van der Waals surface area contributed by atoms with E-state index in [9.17, 15) is 0 Å². The van der Waals surface area contributed by atoms with E-state index in [1.54, 1.807) is 14.4 Å². The van der Waals surface area contributed by atoms with Crippen molar-refractivity contribution in [2.75, 3.05) is 0 Å². The van der Waals surface area contributed by atoms with Crippen molar-refractivity contribution in [2.24, 2.45) is 5.92 Å². The van der Waals surface area contributed by atoms with Crippen LogP contribution in [0.3, 0.4) is 0 Å². The second-order valence-corrected chi connectivity index (χ2v) is 23.5. The molecule has 1 aromatic rings. The van der Waals surface area contributed by atoms with E-state index in [1.807, 2.05) is 0 Å². The summed E-state index contributed by atoms with van der Waals surface area (Å²) in [6.45, 7) is 14.2. The maximum atomic E-state index is 6.57. The summed E-state index contributed by atoms with van der Waals surface area (Å²) in [6, 6.07) is 10.4. The summed E-state index contributed by atoms with van der Waals surface area (Å²) in [7, 11) is 0. The van der Waals surface area contributed by atoms with Crippen LogP contribution >= 0.6 is 0 Å². The monoisotopic (exact) mass is 363 g/mol. The normalized spacial score (nSPS) is 19.1. The van der Waals surface area contributed by atoms with Crippen LogP contribution in [0.4, 0.5) is 0 Å². The third-order valence-electron chi connectivity index (χ3n) is 4.40. The van der Waals surface area contributed by atoms with Crippen LogP contribution in [0.5, 0.6) is 5.75 Å². The van der Waals surface area contributed by atoms with E-state index >= 15 is 0 Å². The molecule has 0 aliphatic heterocycles. The molecule has 2 rings (SSSR count). The van der Waals surface area contributed by atoms with Crippen molar-refractivity contribution in [1.29, 1.82) is 0 Å². The molecule has 0 radical (unpaired) electrons. The van der Waals surface area contributed by atoms with Gasteiger partial charge in [0.25, 0.3) is 0 Å². The molecule has 3 heteroatoms. The molecule has 0 N–H and O–H groups in total. The van der Waals surface area contributed by atoms with E-state index in [1.165, 1.54) is 5.57 Å². The van der Waals surface area contributed by atoms with Crippen molar-refractivity contribution < 1.29 is 24.2 Å². The first-order chi connectivity index (χ1) is 9.43. The second kappa shape index (κ2) is 6.58. The van der Waals surface area contributed by atoms with Gasteiger partial charge in [0.05, 0.1) is 0 Å². The average molecular weight is 365 g/mol. The van der Waals surface area contributed by atoms with Crippen LogP contribution in [0.2, 0.25) is 13.1 Å². The zero-order chi connectivity index (χ0) is 14.9. The van der Waals surface area contributed by atoms with Gasteiger partial charge in [-0.15, -0.1) is 0 Å². The average Bonchev–Trinajstić information content (AvgIpc) is 2.62. The molecule has 1 nitrogen and oxygen atoms in total. The molecule has 1 aliphatic carbocycles. The van der Waals surface area contributed by atoms with Gasteiger partial charge in [0, 0.05) is 0 Å². The molecule has 20 heavy (non-hydrogen) atoms. The summed E-state index contributed by atoms with van der Waals surface area (Å²) < 4.78 is 8.29. The first-order valence-corrected chi connectivity index (χ1v) is 16.8. The van der Waals surface area contributed by atoms with E-state index in [4.69, 9.17) is 2.81 Å². The summed E-state index contributed by atoms with van der Waals surface area (Å²) in [5, 5.41) is 0. The molecule has 0 saturated carbocycles. The molecule has 1 aromatic carbocycles. The Morgan fingerprint density at radius 2 is 1.60 bits per heavy atom. The number of hydrogen-bond donors (Lipinski definition) is 0. The quantitative estimate of drug-likeness (QED) is 0.695. The summed E-state index contributed by atoms with van der Waals surface area (Å²) in [6.07, 6.45) is 0. The summed E-state index contributed by atoms with van der Waals surface area (Å²) in [5.41, 5.74) is 4.61. The van der Waals surface area contributed by atoms with Gasteiger partial charge in [-0.2, -0.15) is 0 Å². The van der Waals surface area contributed by atoms with Gasteiger partial charge in [-0.3, -0.25) is 0 Å². The van der Waals surface area contributed by atoms with Crippen LogP contribution in [0.15, 0.2) is 50.3 Å². The van der Waals surface area contributed by atoms with Crippen molar-refractivity contribution >= 4 is 5.92 Å². The molecule has 0 aromatic heterocycles. The molecule has 107 valence electrons. The van der Waals surface area contributed by atoms with E-state index < -0.39 is 27.3 Å². The van der Waals surface area contributed by atoms with Crippen LogP contribution in [-0.2, 0) is 21.4 Å². The van der Waals surface area contributed by atoms with Gasteiger partial charge in [-0.05, 0) is 0 Å². The van der Waals surface area contributed by atoms with Crippen molar-refractivity contribution in [1.82, 2.24) is 0 Å². The van der Waals surface area contributed by atoms with Gasteiger partial charge < -0.3 is 0 Å². The van der Waals surface area contributed by atoms with Gasteiger partial charge >= 0.3 is 133 Å². The van der Waals surface area contributed by atoms with Crippen molar-refractivity contribution in [3.05, 3.63) is 50.3 Å². The fourth-order valence-corrected chi connectivity index (χ4v) is 17.8. The van der Waals surface area contributed by atoms with Crippen molar-refractivity contribution in [2.45, 2.75) is 40.8 Å². The first-order valence-electron chi connectivity index (χ1n) is 7.42. The molecular formula is C17H25OSiZr. The van der Waals surface area contributed by atoms with Gasteiger partial charge in [-0.25, -0.2) is 0 Å². The molecule has 0 heterocycles. The van der Waals surface area contributed by atoms with Crippen LogP contribution in [-0.4, -0.2) is 5.92 Å². The Balaban J connectivity index is 2.32. The third-order valence-corrected chi connectivity index (χ3v) is 20.1. The molecule has 0 bridgehead atoms. The Hall–Kier alpha value is -0.400. The van der Waals surface area contributed by atoms with Crippen molar-refractivity contribution in [3.63, 3.8) is 0 Å². The van der Waals surface area contributed by atoms with Crippen LogP contribution in [0.25, 0.3) is 0 Å². The number of allylic oxidation sites excluding steroid dienone is 4. The molecule has 1 aliphatic rings. The van der Waals surface area contributed by atoms with E-state index in [2.05, 4.69) is 71.1 Å². The second-order valence-electron chi connectivity index (χ2n) is 6.00. The van der Waals surface area contributed by atoms with E-state index in [0.29, 0.717) is 5.92 Å². The minimum absolute atomic E-state index is 0.614. The molecule has 0 amide bonds. The van der Waals surface area contributed by atoms with Gasteiger partial charge in [0.1, 0.15) is 0 Å². The molecule has 1 atom stereocenters. The molecule has 0 spiro atoms. The predicted octanol–water partition coefficient (Wildman–Crippen LogP) is 4.84. The van der Waals surface area contributed by atoms with E-state index in [0.717, 1.165) is 5.75 Å². The summed E-state index contributed by atoms with van der Waals surface area (Å²) in [5.74, 6) is 0.945. The number of rotatable bonds is 4. The van der Waals surface area contributed by atoms with E-state index in [-0.39, 0.29) is 0 Å². The Bertz CT molecular complexity index is 545. The van der Waals surface area contributed by atoms with Crippen molar-refractivity contribution in [3.8, 4) is 5.75 Å². The number of hydrogen-bond acceptors (Lipinski definition) is 1. The first kappa shape index (κ1) is 16.0. The maximum absolute atomic E-state index is 6.57. The number of benzene rings is 1. The van der Waals surface area contributed by atoms with Crippen LogP contribution in [0.1, 0.15) is 27.7 Å². The third kappa shape index (κ3) is 3.09. The van der Waals surface area contributed by atoms with Gasteiger partial charge in [0.15, 0.2) is 0 Å². The summed E-state index contributed by atoms with van der Waals surface area (Å²) in [4.78, 5) is 0. The SMILES string of the molecule is CC1=C(C)C(C)[C]([Zr]([O]c2ccccc2)[SiH](C)C)=C1C. The fraction of sp³-hybridized carbons (Fsp3) is 0.412. The Labute approximate surface area is 132 Å². The van der Waals surface area contributed by atoms with Gasteiger partial charge in [0.2, 0.25) is 0 Å².